The van der Waals surface area contributed by atoms with Crippen LogP contribution in [0.1, 0.15) is 5.56 Å². The average Bonchev–Trinajstić information content (AvgIpc) is 3.28. The third-order valence-corrected chi connectivity index (χ3v) is 6.15. The van der Waals surface area contributed by atoms with E-state index < -0.39 is 4.92 Å². The Balaban J connectivity index is 1.48. The molecule has 9 nitrogen and oxygen atoms in total. The van der Waals surface area contributed by atoms with Crippen LogP contribution in [0.4, 0.5) is 5.69 Å². The Labute approximate surface area is 213 Å². The number of carbonyl (C=O) groups excluding carboxylic acids is 1. The summed E-state index contributed by atoms with van der Waals surface area (Å²) in [6, 6.07) is 21.0. The lowest BCUT2D eigenvalue weighted by atomic mass is 10.2. The summed E-state index contributed by atoms with van der Waals surface area (Å²) < 4.78 is 1.85. The fourth-order valence-electron chi connectivity index (χ4n) is 3.05. The number of nitro groups is 1. The SMILES string of the molecule is O=C(CSc1nnc(-c2ccccc2)n1-c1ccc(Cl)cc1)NN=Cc1ccc(Cl)c([N+](=O)[O-])c1. The molecule has 1 amide bonds. The molecular formula is C23H16Cl2N6O3S. The zero-order chi connectivity index (χ0) is 24.8. The lowest BCUT2D eigenvalue weighted by Gasteiger charge is -2.10. The van der Waals surface area contributed by atoms with Gasteiger partial charge in [0.2, 0.25) is 0 Å². The van der Waals surface area contributed by atoms with Gasteiger partial charge in [-0.2, -0.15) is 5.10 Å². The van der Waals surface area contributed by atoms with Crippen LogP contribution in [0.2, 0.25) is 10.0 Å². The first-order valence-corrected chi connectivity index (χ1v) is 11.8. The molecule has 0 aliphatic rings. The number of rotatable bonds is 8. The number of amides is 1. The van der Waals surface area contributed by atoms with Crippen molar-refractivity contribution >= 4 is 52.8 Å². The van der Waals surface area contributed by atoms with Crippen LogP contribution >= 0.6 is 35.0 Å². The van der Waals surface area contributed by atoms with Crippen LogP contribution in [-0.2, 0) is 4.79 Å². The maximum atomic E-state index is 12.4. The summed E-state index contributed by atoms with van der Waals surface area (Å²) in [5, 5.41) is 24.6. The van der Waals surface area contributed by atoms with Gasteiger partial charge in [-0.25, -0.2) is 5.43 Å². The first kappa shape index (κ1) is 24.4. The zero-order valence-corrected chi connectivity index (χ0v) is 20.2. The third kappa shape index (κ3) is 6.04. The monoisotopic (exact) mass is 526 g/mol. The fourth-order valence-corrected chi connectivity index (χ4v) is 4.11. The van der Waals surface area contributed by atoms with Gasteiger partial charge in [-0.05, 0) is 30.3 Å². The van der Waals surface area contributed by atoms with Crippen LogP contribution in [0.15, 0.2) is 83.1 Å². The van der Waals surface area contributed by atoms with Crippen molar-refractivity contribution in [2.45, 2.75) is 5.16 Å². The molecule has 0 radical (unpaired) electrons. The minimum Gasteiger partial charge on any atom is -0.272 e. The van der Waals surface area contributed by atoms with E-state index in [1.54, 1.807) is 18.2 Å². The Kier molecular flexibility index (Phi) is 7.76. The lowest BCUT2D eigenvalue weighted by molar-refractivity contribution is -0.384. The number of hydrogen-bond donors (Lipinski definition) is 1. The summed E-state index contributed by atoms with van der Waals surface area (Å²) in [5.74, 6) is 0.248. The Hall–Kier alpha value is -3.73. The molecule has 0 saturated heterocycles. The maximum Gasteiger partial charge on any atom is 0.288 e. The van der Waals surface area contributed by atoms with E-state index in [-0.39, 0.29) is 22.4 Å². The van der Waals surface area contributed by atoms with Gasteiger partial charge in [0.25, 0.3) is 11.6 Å². The van der Waals surface area contributed by atoms with E-state index in [9.17, 15) is 14.9 Å². The fraction of sp³-hybridized carbons (Fsp3) is 0.0435. The van der Waals surface area contributed by atoms with E-state index in [0.717, 1.165) is 11.3 Å². The molecule has 35 heavy (non-hydrogen) atoms. The van der Waals surface area contributed by atoms with Gasteiger partial charge in [0, 0.05) is 27.9 Å². The first-order valence-electron chi connectivity index (χ1n) is 10.1. The molecule has 3 aromatic carbocycles. The van der Waals surface area contributed by atoms with Crippen molar-refractivity contribution in [1.82, 2.24) is 20.2 Å². The average molecular weight is 527 g/mol. The molecule has 0 atom stereocenters. The number of benzene rings is 3. The van der Waals surface area contributed by atoms with Crippen LogP contribution in [0.3, 0.4) is 0 Å². The Morgan fingerprint density at radius 1 is 1.09 bits per heavy atom. The van der Waals surface area contributed by atoms with Gasteiger partial charge in [-0.3, -0.25) is 19.5 Å². The first-order chi connectivity index (χ1) is 16.9. The highest BCUT2D eigenvalue weighted by atomic mass is 35.5. The van der Waals surface area contributed by atoms with Crippen LogP contribution in [0.5, 0.6) is 0 Å². The second-order valence-corrected chi connectivity index (χ2v) is 8.82. The van der Waals surface area contributed by atoms with E-state index in [4.69, 9.17) is 23.2 Å². The normalized spacial score (nSPS) is 11.0. The minimum absolute atomic E-state index is 0.0125. The van der Waals surface area contributed by atoms with Crippen LogP contribution < -0.4 is 5.43 Å². The molecule has 0 saturated carbocycles. The predicted molar refractivity (Wildman–Crippen MR) is 136 cm³/mol. The number of carbonyl (C=O) groups is 1. The topological polar surface area (TPSA) is 115 Å². The summed E-state index contributed by atoms with van der Waals surface area (Å²) in [4.78, 5) is 22.8. The van der Waals surface area contributed by atoms with Crippen molar-refractivity contribution in [2.75, 3.05) is 5.75 Å². The summed E-state index contributed by atoms with van der Waals surface area (Å²) in [6.07, 6.45) is 1.30. The number of hydrazone groups is 1. The number of nitrogens with one attached hydrogen (secondary N) is 1. The van der Waals surface area contributed by atoms with Crippen molar-refractivity contribution in [3.63, 3.8) is 0 Å². The quantitative estimate of drug-likeness (QED) is 0.142. The van der Waals surface area contributed by atoms with E-state index in [1.165, 1.54) is 30.1 Å². The van der Waals surface area contributed by atoms with Crippen molar-refractivity contribution in [2.24, 2.45) is 5.10 Å². The van der Waals surface area contributed by atoms with Gasteiger partial charge in [0.05, 0.1) is 16.9 Å². The number of hydrogen-bond acceptors (Lipinski definition) is 7. The van der Waals surface area contributed by atoms with Gasteiger partial charge in [-0.15, -0.1) is 10.2 Å². The number of thioether (sulfide) groups is 1. The van der Waals surface area contributed by atoms with E-state index in [2.05, 4.69) is 20.7 Å². The zero-order valence-electron chi connectivity index (χ0n) is 17.8. The maximum absolute atomic E-state index is 12.4. The Morgan fingerprint density at radius 2 is 1.83 bits per heavy atom. The number of aromatic nitrogens is 3. The molecule has 0 aliphatic carbocycles. The summed E-state index contributed by atoms with van der Waals surface area (Å²) in [6.45, 7) is 0. The van der Waals surface area contributed by atoms with Gasteiger partial charge < -0.3 is 0 Å². The summed E-state index contributed by atoms with van der Waals surface area (Å²) in [5.41, 5.74) is 4.24. The Morgan fingerprint density at radius 3 is 2.54 bits per heavy atom. The predicted octanol–water partition coefficient (Wildman–Crippen LogP) is 5.39. The smallest absolute Gasteiger partial charge is 0.272 e. The molecule has 12 heteroatoms. The van der Waals surface area contributed by atoms with Crippen molar-refractivity contribution in [3.8, 4) is 17.1 Å². The molecular weight excluding hydrogens is 511 g/mol. The molecule has 1 aromatic heterocycles. The molecule has 4 rings (SSSR count). The standard InChI is InChI=1S/C23H16Cl2N6O3S/c24-17-7-9-18(10-8-17)30-22(16-4-2-1-3-5-16)28-29-23(30)35-14-21(32)27-26-13-15-6-11-19(25)20(12-15)31(33)34/h1-13H,14H2,(H,27,32). The highest BCUT2D eigenvalue weighted by Crippen LogP contribution is 2.28. The van der Waals surface area contributed by atoms with Gasteiger partial charge in [0.1, 0.15) is 5.02 Å². The van der Waals surface area contributed by atoms with E-state index in [0.29, 0.717) is 21.6 Å². The summed E-state index contributed by atoms with van der Waals surface area (Å²) in [7, 11) is 0. The molecule has 176 valence electrons. The van der Waals surface area contributed by atoms with Gasteiger partial charge in [0.15, 0.2) is 11.0 Å². The van der Waals surface area contributed by atoms with E-state index in [1.807, 2.05) is 47.0 Å². The van der Waals surface area contributed by atoms with Gasteiger partial charge >= 0.3 is 0 Å². The molecule has 0 bridgehead atoms. The highest BCUT2D eigenvalue weighted by molar-refractivity contribution is 7.99. The minimum atomic E-state index is -0.588. The molecule has 1 N–H and O–H groups in total. The van der Waals surface area contributed by atoms with Crippen LogP contribution in [0, 0.1) is 10.1 Å². The lowest BCUT2D eigenvalue weighted by Crippen LogP contribution is -2.20. The third-order valence-electron chi connectivity index (χ3n) is 4.65. The van der Waals surface area contributed by atoms with Crippen LogP contribution in [0.25, 0.3) is 17.1 Å². The van der Waals surface area contributed by atoms with Crippen LogP contribution in [-0.4, -0.2) is 37.6 Å². The molecule has 4 aromatic rings. The number of halogens is 2. The molecule has 0 aliphatic heterocycles. The summed E-state index contributed by atoms with van der Waals surface area (Å²) >= 11 is 13.0. The molecule has 0 fully saturated rings. The second kappa shape index (κ2) is 11.1. The molecule has 1 heterocycles. The van der Waals surface area contributed by atoms with Gasteiger partial charge in [-0.1, -0.05) is 71.4 Å². The number of nitrogens with zero attached hydrogens (tertiary/aromatic N) is 5. The largest absolute Gasteiger partial charge is 0.288 e. The highest BCUT2D eigenvalue weighted by Gasteiger charge is 2.17. The van der Waals surface area contributed by atoms with E-state index >= 15 is 0 Å². The van der Waals surface area contributed by atoms with Crippen molar-refractivity contribution in [3.05, 3.63) is 98.5 Å². The van der Waals surface area contributed by atoms with Crippen molar-refractivity contribution < 1.29 is 9.72 Å². The second-order valence-electron chi connectivity index (χ2n) is 7.03. The Bertz CT molecular complexity index is 1390. The van der Waals surface area contributed by atoms with Crippen molar-refractivity contribution in [1.29, 1.82) is 0 Å². The molecule has 0 spiro atoms. The molecule has 0 unspecified atom stereocenters. The number of nitro benzene ring substituents is 1.